The van der Waals surface area contributed by atoms with Crippen molar-refractivity contribution in [2.24, 2.45) is 5.73 Å². The lowest BCUT2D eigenvalue weighted by Crippen LogP contribution is -2.31. The maximum Gasteiger partial charge on any atom is 0.146 e. The highest BCUT2D eigenvalue weighted by Crippen LogP contribution is 1.85. The molecule has 3 nitrogen and oxygen atoms in total. The molecule has 0 saturated carbocycles. The first kappa shape index (κ1) is 8.59. The lowest BCUT2D eigenvalue weighted by Gasteiger charge is -2.04. The molecule has 1 atom stereocenters. The van der Waals surface area contributed by atoms with E-state index in [4.69, 9.17) is 5.73 Å². The van der Waals surface area contributed by atoms with Crippen molar-refractivity contribution < 1.29 is 4.79 Å². The van der Waals surface area contributed by atoms with Gasteiger partial charge in [-0.2, -0.15) is 0 Å². The Kier molecular flexibility index (Phi) is 4.26. The highest BCUT2D eigenvalue weighted by molar-refractivity contribution is 5.81. The van der Waals surface area contributed by atoms with Crippen LogP contribution >= 0.6 is 0 Å². The number of carbonyl (C=O) groups is 1. The molecule has 0 bridgehead atoms. The van der Waals surface area contributed by atoms with E-state index in [2.05, 4.69) is 5.32 Å². The van der Waals surface area contributed by atoms with Gasteiger partial charge in [-0.05, 0) is 26.9 Å². The normalized spacial score (nSPS) is 13.2. The summed E-state index contributed by atoms with van der Waals surface area (Å²) in [5.74, 6) is 0.0604. The lowest BCUT2D eigenvalue weighted by atomic mass is 10.1. The van der Waals surface area contributed by atoms with Gasteiger partial charge in [-0.15, -0.1) is 0 Å². The van der Waals surface area contributed by atoms with Crippen molar-refractivity contribution in [2.75, 3.05) is 13.6 Å². The standard InChI is InChI=1S/C6H14N2O/c1-5(9)6(7)3-4-8-2/h6,8H,3-4,7H2,1-2H3. The zero-order chi connectivity index (χ0) is 7.28. The number of hydrogen-bond acceptors (Lipinski definition) is 3. The molecule has 0 radical (unpaired) electrons. The number of nitrogens with one attached hydrogen (secondary N) is 1. The largest absolute Gasteiger partial charge is 0.321 e. The van der Waals surface area contributed by atoms with Gasteiger partial charge in [0.2, 0.25) is 0 Å². The summed E-state index contributed by atoms with van der Waals surface area (Å²) in [4.78, 5) is 10.5. The molecule has 0 spiro atoms. The van der Waals surface area contributed by atoms with Crippen molar-refractivity contribution in [3.8, 4) is 0 Å². The van der Waals surface area contributed by atoms with E-state index in [0.29, 0.717) is 0 Å². The van der Waals surface area contributed by atoms with Gasteiger partial charge in [0.15, 0.2) is 0 Å². The molecule has 0 amide bonds. The number of ketones is 1. The highest BCUT2D eigenvalue weighted by Gasteiger charge is 2.05. The highest BCUT2D eigenvalue weighted by atomic mass is 16.1. The monoisotopic (exact) mass is 130 g/mol. The van der Waals surface area contributed by atoms with Gasteiger partial charge in [0, 0.05) is 0 Å². The Balaban J connectivity index is 3.27. The molecule has 0 rings (SSSR count). The summed E-state index contributed by atoms with van der Waals surface area (Å²) in [5, 5.41) is 2.92. The summed E-state index contributed by atoms with van der Waals surface area (Å²) in [6.45, 7) is 2.32. The van der Waals surface area contributed by atoms with Gasteiger partial charge in [-0.3, -0.25) is 4.79 Å². The fourth-order valence-corrected chi connectivity index (χ4v) is 0.503. The summed E-state index contributed by atoms with van der Waals surface area (Å²) >= 11 is 0. The quantitative estimate of drug-likeness (QED) is 0.540. The second kappa shape index (κ2) is 4.47. The zero-order valence-electron chi connectivity index (χ0n) is 5.98. The van der Waals surface area contributed by atoms with Gasteiger partial charge in [-0.25, -0.2) is 0 Å². The third kappa shape index (κ3) is 4.12. The fraction of sp³-hybridized carbons (Fsp3) is 0.833. The first-order valence-corrected chi connectivity index (χ1v) is 3.09. The maximum absolute atomic E-state index is 10.5. The van der Waals surface area contributed by atoms with Gasteiger partial charge in [-0.1, -0.05) is 0 Å². The third-order valence-electron chi connectivity index (χ3n) is 1.23. The van der Waals surface area contributed by atoms with Crippen molar-refractivity contribution in [2.45, 2.75) is 19.4 Å². The Hall–Kier alpha value is -0.410. The van der Waals surface area contributed by atoms with Crippen molar-refractivity contribution in [1.29, 1.82) is 0 Å². The molecular formula is C6H14N2O. The van der Waals surface area contributed by atoms with Crippen LogP contribution in [0.15, 0.2) is 0 Å². The summed E-state index contributed by atoms with van der Waals surface area (Å²) in [5.41, 5.74) is 5.41. The molecule has 0 fully saturated rings. The first-order valence-electron chi connectivity index (χ1n) is 3.09. The van der Waals surface area contributed by atoms with E-state index in [1.54, 1.807) is 0 Å². The van der Waals surface area contributed by atoms with E-state index in [-0.39, 0.29) is 11.8 Å². The Morgan fingerprint density at radius 3 is 2.67 bits per heavy atom. The van der Waals surface area contributed by atoms with Crippen LogP contribution in [-0.4, -0.2) is 25.4 Å². The van der Waals surface area contributed by atoms with Crippen LogP contribution < -0.4 is 11.1 Å². The summed E-state index contributed by atoms with van der Waals surface area (Å²) in [6, 6.07) is -0.280. The molecule has 0 aliphatic rings. The molecule has 0 aromatic carbocycles. The van der Waals surface area contributed by atoms with Crippen molar-refractivity contribution >= 4 is 5.78 Å². The summed E-state index contributed by atoms with van der Waals surface area (Å²) in [6.07, 6.45) is 0.728. The van der Waals surface area contributed by atoms with Crippen LogP contribution in [0.1, 0.15) is 13.3 Å². The Bertz CT molecular complexity index is 93.1. The Morgan fingerprint density at radius 2 is 2.33 bits per heavy atom. The number of Topliss-reactive ketones (excluding diaryl/α,β-unsaturated/α-hetero) is 1. The minimum Gasteiger partial charge on any atom is -0.321 e. The molecular weight excluding hydrogens is 116 g/mol. The molecule has 0 heterocycles. The van der Waals surface area contributed by atoms with E-state index in [1.165, 1.54) is 6.92 Å². The van der Waals surface area contributed by atoms with Crippen LogP contribution in [0.2, 0.25) is 0 Å². The van der Waals surface area contributed by atoms with E-state index in [9.17, 15) is 4.79 Å². The minimum absolute atomic E-state index is 0.0604. The zero-order valence-corrected chi connectivity index (χ0v) is 5.98. The number of nitrogens with two attached hydrogens (primary N) is 1. The molecule has 9 heavy (non-hydrogen) atoms. The molecule has 0 aromatic heterocycles. The molecule has 1 unspecified atom stereocenters. The number of carbonyl (C=O) groups excluding carboxylic acids is 1. The van der Waals surface area contributed by atoms with Crippen molar-refractivity contribution in [3.05, 3.63) is 0 Å². The second-order valence-electron chi connectivity index (χ2n) is 2.11. The molecule has 3 N–H and O–H groups in total. The van der Waals surface area contributed by atoms with Crippen LogP contribution in [0, 0.1) is 0 Å². The van der Waals surface area contributed by atoms with Crippen molar-refractivity contribution in [1.82, 2.24) is 5.32 Å². The van der Waals surface area contributed by atoms with Crippen LogP contribution in [-0.2, 0) is 4.79 Å². The SMILES string of the molecule is CNCCC(N)C(C)=O. The van der Waals surface area contributed by atoms with Crippen LogP contribution in [0.5, 0.6) is 0 Å². The molecule has 3 heteroatoms. The van der Waals surface area contributed by atoms with Crippen LogP contribution in [0.4, 0.5) is 0 Å². The van der Waals surface area contributed by atoms with Gasteiger partial charge in [0.1, 0.15) is 5.78 Å². The molecule has 0 aliphatic carbocycles. The van der Waals surface area contributed by atoms with Crippen LogP contribution in [0.3, 0.4) is 0 Å². The molecule has 0 aliphatic heterocycles. The number of hydrogen-bond donors (Lipinski definition) is 2. The van der Waals surface area contributed by atoms with Gasteiger partial charge < -0.3 is 11.1 Å². The van der Waals surface area contributed by atoms with E-state index < -0.39 is 0 Å². The van der Waals surface area contributed by atoms with E-state index in [1.807, 2.05) is 7.05 Å². The average Bonchev–Trinajstić information content (AvgIpc) is 1.82. The van der Waals surface area contributed by atoms with E-state index in [0.717, 1.165) is 13.0 Å². The Labute approximate surface area is 55.6 Å². The Morgan fingerprint density at radius 1 is 1.78 bits per heavy atom. The molecule has 54 valence electrons. The van der Waals surface area contributed by atoms with Crippen molar-refractivity contribution in [3.63, 3.8) is 0 Å². The molecule has 0 aromatic rings. The second-order valence-corrected chi connectivity index (χ2v) is 2.11. The predicted molar refractivity (Wildman–Crippen MR) is 37.2 cm³/mol. The average molecular weight is 130 g/mol. The lowest BCUT2D eigenvalue weighted by molar-refractivity contribution is -0.118. The molecule has 0 saturated heterocycles. The van der Waals surface area contributed by atoms with Crippen LogP contribution in [0.25, 0.3) is 0 Å². The fourth-order valence-electron chi connectivity index (χ4n) is 0.503. The maximum atomic E-state index is 10.5. The van der Waals surface area contributed by atoms with Gasteiger partial charge in [0.05, 0.1) is 6.04 Å². The summed E-state index contributed by atoms with van der Waals surface area (Å²) < 4.78 is 0. The smallest absolute Gasteiger partial charge is 0.146 e. The van der Waals surface area contributed by atoms with Gasteiger partial charge in [0.25, 0.3) is 0 Å². The predicted octanol–water partition coefficient (Wildman–Crippen LogP) is -0.488. The topological polar surface area (TPSA) is 55.1 Å². The van der Waals surface area contributed by atoms with E-state index >= 15 is 0 Å². The first-order chi connectivity index (χ1) is 4.18. The third-order valence-corrected chi connectivity index (χ3v) is 1.23. The number of rotatable bonds is 4. The minimum atomic E-state index is -0.280. The summed E-state index contributed by atoms with van der Waals surface area (Å²) in [7, 11) is 1.84. The van der Waals surface area contributed by atoms with Gasteiger partial charge >= 0.3 is 0 Å².